The van der Waals surface area contributed by atoms with Crippen LogP contribution in [0.25, 0.3) is 10.9 Å². The van der Waals surface area contributed by atoms with Crippen molar-refractivity contribution in [1.29, 1.82) is 0 Å². The lowest BCUT2D eigenvalue weighted by Gasteiger charge is -2.18. The molecule has 0 bridgehead atoms. The van der Waals surface area contributed by atoms with Gasteiger partial charge in [0.05, 0.1) is 11.3 Å². The second-order valence-corrected chi connectivity index (χ2v) is 9.73. The minimum atomic E-state index is -4.35. The average Bonchev–Trinajstić information content (AvgIpc) is 3.34. The minimum absolute atomic E-state index is 0.00971. The van der Waals surface area contributed by atoms with E-state index < -0.39 is 21.6 Å². The van der Waals surface area contributed by atoms with Crippen LogP contribution in [-0.2, 0) is 21.8 Å². The van der Waals surface area contributed by atoms with Gasteiger partial charge < -0.3 is 4.98 Å². The van der Waals surface area contributed by atoms with Gasteiger partial charge in [-0.15, -0.1) is 0 Å². The molecule has 0 spiro atoms. The molecule has 4 rings (SSSR count). The van der Waals surface area contributed by atoms with Gasteiger partial charge >= 0.3 is 6.18 Å². The fourth-order valence-corrected chi connectivity index (χ4v) is 4.72. The first-order valence-electron chi connectivity index (χ1n) is 9.07. The van der Waals surface area contributed by atoms with E-state index in [2.05, 4.69) is 4.98 Å². The van der Waals surface area contributed by atoms with E-state index in [4.69, 9.17) is 0 Å². The Hall–Kier alpha value is -2.28. The maximum atomic E-state index is 12.9. The summed E-state index contributed by atoms with van der Waals surface area (Å²) < 4.78 is 62.2. The number of halogens is 3. The van der Waals surface area contributed by atoms with Crippen LogP contribution in [0.3, 0.4) is 0 Å². The number of alkyl halides is 3. The van der Waals surface area contributed by atoms with Crippen LogP contribution < -0.4 is 0 Å². The molecule has 1 saturated carbocycles. The van der Waals surface area contributed by atoms with Crippen molar-refractivity contribution < 1.29 is 21.6 Å². The van der Waals surface area contributed by atoms with Gasteiger partial charge in [-0.1, -0.05) is 30.3 Å². The van der Waals surface area contributed by atoms with Crippen LogP contribution in [0.5, 0.6) is 0 Å². The average molecular weight is 407 g/mol. The number of hydrogen-bond acceptors (Lipinski definition) is 2. The number of aromatic nitrogens is 1. The zero-order valence-electron chi connectivity index (χ0n) is 15.3. The molecule has 0 saturated heterocycles. The number of nitrogens with one attached hydrogen (secondary N) is 1. The summed E-state index contributed by atoms with van der Waals surface area (Å²) in [5, 5.41) is 0.929. The summed E-state index contributed by atoms with van der Waals surface area (Å²) in [7, 11) is -3.18. The second-order valence-electron chi connectivity index (χ2n) is 7.59. The Labute approximate surface area is 161 Å². The Balaban J connectivity index is 1.77. The molecular formula is C21H20F3NO2S. The number of rotatable bonds is 5. The molecule has 3 aromatic rings. The third-order valence-corrected chi connectivity index (χ3v) is 6.11. The highest BCUT2D eigenvalue weighted by Crippen LogP contribution is 2.48. The van der Waals surface area contributed by atoms with E-state index in [1.165, 1.54) is 6.26 Å². The molecule has 3 nitrogen and oxygen atoms in total. The molecule has 0 aliphatic heterocycles. The van der Waals surface area contributed by atoms with E-state index in [9.17, 15) is 21.6 Å². The van der Waals surface area contributed by atoms with Gasteiger partial charge in [0.2, 0.25) is 0 Å². The molecule has 2 aromatic carbocycles. The summed E-state index contributed by atoms with van der Waals surface area (Å²) in [5.74, 6) is 0.317. The largest absolute Gasteiger partial charge is 0.416 e. The third kappa shape index (κ3) is 3.81. The van der Waals surface area contributed by atoms with Crippen LogP contribution >= 0.6 is 0 Å². The van der Waals surface area contributed by atoms with Gasteiger partial charge in [-0.2, -0.15) is 13.2 Å². The molecule has 1 fully saturated rings. The quantitative estimate of drug-likeness (QED) is 0.626. The molecule has 1 aliphatic rings. The van der Waals surface area contributed by atoms with Crippen LogP contribution in [0.15, 0.2) is 48.7 Å². The van der Waals surface area contributed by atoms with Gasteiger partial charge in [0.1, 0.15) is 0 Å². The predicted octanol–water partition coefficient (Wildman–Crippen LogP) is 5.27. The van der Waals surface area contributed by atoms with Gasteiger partial charge in [-0.05, 0) is 47.6 Å². The summed E-state index contributed by atoms with van der Waals surface area (Å²) in [6, 6.07) is 10.9. The molecule has 148 valence electrons. The van der Waals surface area contributed by atoms with Crippen LogP contribution in [0.1, 0.15) is 41.0 Å². The summed E-state index contributed by atoms with van der Waals surface area (Å²) in [6.45, 7) is 0. The van der Waals surface area contributed by atoms with Crippen LogP contribution in [0.2, 0.25) is 0 Å². The van der Waals surface area contributed by atoms with Crippen LogP contribution in [0, 0.1) is 5.92 Å². The van der Waals surface area contributed by atoms with Gasteiger partial charge in [-0.25, -0.2) is 8.42 Å². The highest BCUT2D eigenvalue weighted by atomic mass is 32.2. The fraction of sp³-hybridized carbons (Fsp3) is 0.333. The normalized spacial score (nSPS) is 16.4. The number of sulfone groups is 1. The third-order valence-electron chi connectivity index (χ3n) is 5.28. The number of para-hydroxylation sites is 1. The molecule has 28 heavy (non-hydrogen) atoms. The van der Waals surface area contributed by atoms with Gasteiger partial charge in [-0.3, -0.25) is 0 Å². The van der Waals surface area contributed by atoms with E-state index >= 15 is 0 Å². The van der Waals surface area contributed by atoms with E-state index in [0.29, 0.717) is 11.5 Å². The van der Waals surface area contributed by atoms with Crippen molar-refractivity contribution in [2.75, 3.05) is 6.26 Å². The molecule has 1 N–H and O–H groups in total. The predicted molar refractivity (Wildman–Crippen MR) is 103 cm³/mol. The Bertz CT molecular complexity index is 1110. The molecular weight excluding hydrogens is 387 g/mol. The molecule has 1 aliphatic carbocycles. The van der Waals surface area contributed by atoms with Gasteiger partial charge in [0.25, 0.3) is 0 Å². The lowest BCUT2D eigenvalue weighted by atomic mass is 9.86. The van der Waals surface area contributed by atoms with E-state index in [0.717, 1.165) is 47.0 Å². The van der Waals surface area contributed by atoms with Crippen molar-refractivity contribution in [1.82, 2.24) is 4.98 Å². The number of fused-ring (bicyclic) bond motifs is 1. The highest BCUT2D eigenvalue weighted by Gasteiger charge is 2.36. The van der Waals surface area contributed by atoms with Crippen molar-refractivity contribution in [3.05, 3.63) is 70.9 Å². The minimum Gasteiger partial charge on any atom is -0.361 e. The molecule has 1 heterocycles. The topological polar surface area (TPSA) is 49.9 Å². The number of hydrogen-bond donors (Lipinski definition) is 1. The maximum absolute atomic E-state index is 12.9. The molecule has 7 heteroatoms. The lowest BCUT2D eigenvalue weighted by Crippen LogP contribution is -2.07. The molecule has 1 aromatic heterocycles. The maximum Gasteiger partial charge on any atom is 0.416 e. The first-order valence-corrected chi connectivity index (χ1v) is 11.1. The number of benzene rings is 2. The van der Waals surface area contributed by atoms with E-state index in [-0.39, 0.29) is 11.7 Å². The lowest BCUT2D eigenvalue weighted by molar-refractivity contribution is -0.137. The summed E-state index contributed by atoms with van der Waals surface area (Å²) >= 11 is 0. The molecule has 0 radical (unpaired) electrons. The van der Waals surface area contributed by atoms with Crippen LogP contribution in [-0.4, -0.2) is 19.7 Å². The first kappa shape index (κ1) is 19.1. The summed E-state index contributed by atoms with van der Waals surface area (Å²) in [6.07, 6.45) is 0.777. The van der Waals surface area contributed by atoms with Crippen molar-refractivity contribution in [2.45, 2.75) is 30.7 Å². The van der Waals surface area contributed by atoms with Crippen molar-refractivity contribution in [3.63, 3.8) is 0 Å². The SMILES string of the molecule is CS(=O)(=O)Cc1cccc2c(C(c3ccc(C(F)(F)F)cc3)C3CC3)c[nH]c12. The first-order chi connectivity index (χ1) is 13.1. The Morgan fingerprint density at radius 1 is 1.11 bits per heavy atom. The van der Waals surface area contributed by atoms with Crippen LogP contribution in [0.4, 0.5) is 13.2 Å². The Kier molecular flexibility index (Phi) is 4.53. The highest BCUT2D eigenvalue weighted by molar-refractivity contribution is 7.89. The molecule has 1 unspecified atom stereocenters. The summed E-state index contributed by atoms with van der Waals surface area (Å²) in [5.41, 5.74) is 2.69. The van der Waals surface area contributed by atoms with Crippen molar-refractivity contribution in [2.24, 2.45) is 5.92 Å². The second kappa shape index (κ2) is 6.65. The monoisotopic (exact) mass is 407 g/mol. The fourth-order valence-electron chi connectivity index (χ4n) is 3.91. The Morgan fingerprint density at radius 2 is 1.79 bits per heavy atom. The Morgan fingerprint density at radius 3 is 2.36 bits per heavy atom. The zero-order chi connectivity index (χ0) is 20.1. The standard InChI is InChI=1S/C21H20F3NO2S/c1-28(26,27)12-15-3-2-4-17-18(11-25-20(15)17)19(13-5-6-13)14-7-9-16(10-8-14)21(22,23)24/h2-4,7-11,13,19,25H,5-6,12H2,1H3. The molecule has 1 atom stereocenters. The van der Waals surface area contributed by atoms with E-state index in [1.54, 1.807) is 18.2 Å². The smallest absolute Gasteiger partial charge is 0.361 e. The zero-order valence-corrected chi connectivity index (χ0v) is 16.1. The van der Waals surface area contributed by atoms with Gasteiger partial charge in [0.15, 0.2) is 9.84 Å². The van der Waals surface area contributed by atoms with Gasteiger partial charge in [0, 0.05) is 29.3 Å². The van der Waals surface area contributed by atoms with Crippen molar-refractivity contribution in [3.8, 4) is 0 Å². The number of aromatic amines is 1. The van der Waals surface area contributed by atoms with E-state index in [1.807, 2.05) is 18.3 Å². The summed E-state index contributed by atoms with van der Waals surface area (Å²) in [4.78, 5) is 3.20. The molecule has 0 amide bonds. The van der Waals surface area contributed by atoms with Crippen molar-refractivity contribution >= 4 is 20.7 Å². The number of H-pyrrole nitrogens is 1.